The molecule has 14 nitrogen and oxygen atoms in total. The summed E-state index contributed by atoms with van der Waals surface area (Å²) in [6, 6.07) is 0. The van der Waals surface area contributed by atoms with Crippen LogP contribution in [0.25, 0.3) is 0 Å². The number of aryl methyl sites for hydroxylation is 2. The first-order valence-corrected chi connectivity index (χ1v) is 15.2. The smallest absolute Gasteiger partial charge is 0.306 e. The third kappa shape index (κ3) is 16.4. The Labute approximate surface area is 231 Å². The Morgan fingerprint density at radius 2 is 0.974 bits per heavy atom. The topological polar surface area (TPSA) is 245 Å². The predicted molar refractivity (Wildman–Crippen MR) is 106 cm³/mol. The summed E-state index contributed by atoms with van der Waals surface area (Å²) < 4.78 is 83.1. The van der Waals surface area contributed by atoms with Gasteiger partial charge in [-0.1, -0.05) is 22.7 Å². The summed E-state index contributed by atoms with van der Waals surface area (Å²) in [6.45, 7) is 6.57. The van der Waals surface area contributed by atoms with E-state index in [4.69, 9.17) is 46.7 Å². The van der Waals surface area contributed by atoms with Crippen molar-refractivity contribution in [1.29, 1.82) is 0 Å². The second-order valence-electron chi connectivity index (χ2n) is 7.75. The first-order chi connectivity index (χ1) is 17.5. The molecule has 3 heterocycles. The molecule has 0 saturated carbocycles. The summed E-state index contributed by atoms with van der Waals surface area (Å²) in [6.07, 6.45) is 3.84. The molecule has 0 aliphatic carbocycles. The molecule has 0 aromatic carbocycles. The van der Waals surface area contributed by atoms with Gasteiger partial charge in [0, 0.05) is 39.5 Å². The quantitative estimate of drug-likeness (QED) is 0.196. The molecule has 0 saturated heterocycles. The van der Waals surface area contributed by atoms with Gasteiger partial charge < -0.3 is 9.47 Å². The van der Waals surface area contributed by atoms with E-state index in [1.54, 1.807) is 22.7 Å². The highest BCUT2D eigenvalue weighted by Crippen LogP contribution is 2.14. The lowest BCUT2D eigenvalue weighted by molar-refractivity contribution is -2.00. The van der Waals surface area contributed by atoms with Gasteiger partial charge in [-0.15, -0.1) is 20.5 Å². The van der Waals surface area contributed by atoms with Gasteiger partial charge >= 0.3 is 11.9 Å². The van der Waals surface area contributed by atoms with Crippen molar-refractivity contribution in [1.82, 2.24) is 0 Å². The standard InChI is InChI=1S/C20H28N2O4S2.2ClHO4/c1-15-17-7-11-25-20(24)6-4-10-22-14-28-18(16(22)2)8-12-26-19(23)5-3-9-21(15)13-27-17;2*2-1(3,4)5/h13-14H,3-12H2,1-2H3;2*(H,2,3,4,5)/q+2;;/p-2. The van der Waals surface area contributed by atoms with Crippen molar-refractivity contribution >= 4 is 34.6 Å². The summed E-state index contributed by atoms with van der Waals surface area (Å²) in [5.41, 5.74) is 6.52. The Hall–Kier alpha value is -1.54. The Balaban J connectivity index is 0.000000616. The van der Waals surface area contributed by atoms with Crippen molar-refractivity contribution in [2.45, 2.75) is 65.5 Å². The van der Waals surface area contributed by atoms with Crippen molar-refractivity contribution < 1.29 is 86.0 Å². The highest BCUT2D eigenvalue weighted by molar-refractivity contribution is 7.09. The molecule has 18 heteroatoms. The van der Waals surface area contributed by atoms with Crippen LogP contribution < -0.4 is 46.4 Å². The van der Waals surface area contributed by atoms with Crippen LogP contribution in [-0.2, 0) is 45.0 Å². The zero-order chi connectivity index (χ0) is 28.9. The summed E-state index contributed by atoms with van der Waals surface area (Å²) in [7, 11) is -9.89. The molecule has 2 aromatic rings. The van der Waals surface area contributed by atoms with Crippen LogP contribution in [0.3, 0.4) is 0 Å². The van der Waals surface area contributed by atoms with E-state index < -0.39 is 20.5 Å². The molecule has 0 N–H and O–H groups in total. The number of thiazole rings is 2. The Morgan fingerprint density at radius 3 is 1.29 bits per heavy atom. The number of fused-ring (bicyclic) bond motifs is 4. The van der Waals surface area contributed by atoms with E-state index in [-0.39, 0.29) is 11.9 Å². The highest BCUT2D eigenvalue weighted by Gasteiger charge is 2.19. The van der Waals surface area contributed by atoms with Crippen molar-refractivity contribution in [3.63, 3.8) is 0 Å². The zero-order valence-corrected chi connectivity index (χ0v) is 23.7. The lowest BCUT2D eigenvalue weighted by atomic mass is 10.2. The largest absolute Gasteiger partial charge is 0.465 e. The van der Waals surface area contributed by atoms with E-state index in [1.807, 2.05) is 0 Å². The van der Waals surface area contributed by atoms with E-state index in [2.05, 4.69) is 34.0 Å². The van der Waals surface area contributed by atoms with Crippen LogP contribution >= 0.6 is 22.7 Å². The second-order valence-corrected chi connectivity index (χ2v) is 11.1. The molecular formula is C20H28Cl2N2O12S2. The molecule has 0 spiro atoms. The highest BCUT2D eigenvalue weighted by atomic mass is 35.7. The van der Waals surface area contributed by atoms with Crippen molar-refractivity contribution in [3.8, 4) is 0 Å². The van der Waals surface area contributed by atoms with Gasteiger partial charge in [-0.3, -0.25) is 9.59 Å². The maximum absolute atomic E-state index is 12.0. The van der Waals surface area contributed by atoms with Gasteiger partial charge in [-0.25, -0.2) is 37.3 Å². The van der Waals surface area contributed by atoms with Crippen molar-refractivity contribution in [2.75, 3.05) is 13.2 Å². The number of ether oxygens (including phenoxy) is 2. The Kier molecular flexibility index (Phi) is 15.0. The summed E-state index contributed by atoms with van der Waals surface area (Å²) >= 11 is 3.35. The van der Waals surface area contributed by atoms with Crippen LogP contribution in [0.5, 0.6) is 0 Å². The maximum atomic E-state index is 12.0. The molecule has 0 fully saturated rings. The van der Waals surface area contributed by atoms with E-state index in [1.165, 1.54) is 21.1 Å². The number of hydrogen-bond acceptors (Lipinski definition) is 14. The first-order valence-electron chi connectivity index (χ1n) is 11.0. The van der Waals surface area contributed by atoms with Crippen LogP contribution in [0.4, 0.5) is 0 Å². The van der Waals surface area contributed by atoms with Gasteiger partial charge in [0.25, 0.3) is 0 Å². The maximum Gasteiger partial charge on any atom is 0.306 e. The predicted octanol–water partition coefficient (Wildman–Crippen LogP) is -7.06. The van der Waals surface area contributed by atoms with Gasteiger partial charge in [0.15, 0.2) is 11.4 Å². The van der Waals surface area contributed by atoms with Gasteiger partial charge in [-0.05, 0) is 0 Å². The molecular weight excluding hydrogens is 595 g/mol. The van der Waals surface area contributed by atoms with Crippen molar-refractivity contribution in [2.24, 2.45) is 0 Å². The van der Waals surface area contributed by atoms with E-state index >= 15 is 0 Å². The number of hydrogen-bond donors (Lipinski definition) is 0. The minimum atomic E-state index is -4.94. The van der Waals surface area contributed by atoms with Gasteiger partial charge in [-0.2, -0.15) is 9.13 Å². The fraction of sp³-hybridized carbons (Fsp3) is 0.600. The second kappa shape index (κ2) is 16.5. The molecule has 1 aliphatic heterocycles. The van der Waals surface area contributed by atoms with E-state index in [0.717, 1.165) is 38.8 Å². The van der Waals surface area contributed by atoms with Gasteiger partial charge in [0.1, 0.15) is 13.1 Å². The molecule has 1 aliphatic rings. The third-order valence-electron chi connectivity index (χ3n) is 5.06. The van der Waals surface area contributed by atoms with Gasteiger partial charge in [0.05, 0.1) is 35.8 Å². The zero-order valence-electron chi connectivity index (χ0n) is 20.6. The number of esters is 2. The molecule has 0 unspecified atom stereocenters. The summed E-state index contributed by atoms with van der Waals surface area (Å²) in [4.78, 5) is 26.5. The summed E-state index contributed by atoms with van der Waals surface area (Å²) in [5, 5.41) is 0. The molecule has 4 bridgehead atoms. The fourth-order valence-corrected chi connectivity index (χ4v) is 5.28. The summed E-state index contributed by atoms with van der Waals surface area (Å²) in [5.74, 6) is -0.255. The average molecular weight is 623 g/mol. The number of rotatable bonds is 0. The number of aromatic nitrogens is 2. The average Bonchev–Trinajstić information content (AvgIpc) is 3.28. The third-order valence-corrected chi connectivity index (χ3v) is 7.35. The first kappa shape index (κ1) is 34.5. The lowest BCUT2D eigenvalue weighted by Gasteiger charge is -2.17. The monoisotopic (exact) mass is 622 g/mol. The minimum absolute atomic E-state index is 0.128. The Morgan fingerprint density at radius 1 is 0.658 bits per heavy atom. The van der Waals surface area contributed by atoms with Gasteiger partial charge in [0.2, 0.25) is 11.0 Å². The number of carbonyl (C=O) groups is 2. The number of cyclic esters (lactones) is 2. The molecule has 3 rings (SSSR count). The molecule has 0 amide bonds. The van der Waals surface area contributed by atoms with Crippen LogP contribution in [0.2, 0.25) is 0 Å². The number of carbonyl (C=O) groups excluding carboxylic acids is 2. The van der Waals surface area contributed by atoms with Crippen LogP contribution in [0.15, 0.2) is 11.0 Å². The number of nitrogens with zero attached hydrogens (tertiary/aromatic N) is 2. The van der Waals surface area contributed by atoms with Crippen molar-refractivity contribution in [3.05, 3.63) is 32.2 Å². The molecule has 38 heavy (non-hydrogen) atoms. The van der Waals surface area contributed by atoms with E-state index in [9.17, 15) is 9.59 Å². The molecule has 0 radical (unpaired) electrons. The minimum Gasteiger partial charge on any atom is -0.465 e. The SMILES string of the molecule is Cc1c2sc[n+]1CCCC(=O)OCCc1sc[n+](c1C)CCCC(=O)OCC2.[O-][Cl+3]([O-])([O-])[O-].[O-][Cl+3]([O-])([O-])[O-]. The van der Waals surface area contributed by atoms with Crippen LogP contribution in [0.1, 0.15) is 46.8 Å². The molecule has 2 aromatic heterocycles. The molecule has 0 atom stereocenters. The van der Waals surface area contributed by atoms with Crippen LogP contribution in [0, 0.1) is 34.3 Å². The Bertz CT molecular complexity index is 870. The lowest BCUT2D eigenvalue weighted by Crippen LogP contribution is -2.68. The van der Waals surface area contributed by atoms with E-state index in [0.29, 0.717) is 26.1 Å². The fourth-order valence-electron chi connectivity index (χ4n) is 3.27. The van der Waals surface area contributed by atoms with Crippen LogP contribution in [-0.4, -0.2) is 25.2 Å². The molecule has 216 valence electrons. The normalized spacial score (nSPS) is 16.2. The number of halogens is 2.